The fourth-order valence-corrected chi connectivity index (χ4v) is 2.82. The highest BCUT2D eigenvalue weighted by molar-refractivity contribution is 6.02. The predicted molar refractivity (Wildman–Crippen MR) is 100 cm³/mol. The number of carbonyl (C=O) groups is 2. The average Bonchev–Trinajstić information content (AvgIpc) is 2.56. The molecule has 1 aliphatic rings. The van der Waals surface area contributed by atoms with E-state index >= 15 is 0 Å². The summed E-state index contributed by atoms with van der Waals surface area (Å²) in [4.78, 5) is 26.1. The number of nitrogens with one attached hydrogen (secondary N) is 1. The van der Waals surface area contributed by atoms with Crippen LogP contribution in [0.2, 0.25) is 0 Å². The summed E-state index contributed by atoms with van der Waals surface area (Å²) in [5.41, 5.74) is 1.75. The minimum absolute atomic E-state index is 0.0222. The largest absolute Gasteiger partial charge is 0.482 e. The summed E-state index contributed by atoms with van der Waals surface area (Å²) in [5, 5.41) is 2.91. The van der Waals surface area contributed by atoms with Crippen LogP contribution in [0, 0.1) is 0 Å². The highest BCUT2D eigenvalue weighted by Crippen LogP contribution is 2.36. The quantitative estimate of drug-likeness (QED) is 0.770. The van der Waals surface area contributed by atoms with E-state index in [9.17, 15) is 9.59 Å². The second kappa shape index (κ2) is 8.37. The van der Waals surface area contributed by atoms with Crippen LogP contribution in [0.25, 0.3) is 0 Å². The molecule has 0 bridgehead atoms. The minimum Gasteiger partial charge on any atom is -0.482 e. The highest BCUT2D eigenvalue weighted by Gasteiger charge is 2.28. The van der Waals surface area contributed by atoms with Crippen molar-refractivity contribution in [2.75, 3.05) is 24.6 Å². The topological polar surface area (TPSA) is 58.6 Å². The van der Waals surface area contributed by atoms with Crippen molar-refractivity contribution in [1.29, 1.82) is 0 Å². The van der Waals surface area contributed by atoms with Crippen LogP contribution in [0.5, 0.6) is 5.75 Å². The Hall–Kier alpha value is -2.04. The third-order valence-corrected chi connectivity index (χ3v) is 4.42. The van der Waals surface area contributed by atoms with E-state index in [2.05, 4.69) is 33.0 Å². The molecule has 0 saturated heterocycles. The molecule has 1 N–H and O–H groups in total. The number of carbonyl (C=O) groups excluding carboxylic acids is 2. The first-order chi connectivity index (χ1) is 11.8. The van der Waals surface area contributed by atoms with Crippen molar-refractivity contribution in [3.8, 4) is 5.75 Å². The maximum atomic E-state index is 12.3. The van der Waals surface area contributed by atoms with Crippen molar-refractivity contribution in [3.05, 3.63) is 23.8 Å². The SMILES string of the molecule is CCCCCCNC(=O)CN1C(=O)COc2ccc(C(C)(C)C)cc21. The van der Waals surface area contributed by atoms with E-state index in [-0.39, 0.29) is 30.4 Å². The minimum atomic E-state index is -0.181. The molecular weight excluding hydrogens is 316 g/mol. The number of nitrogens with zero attached hydrogens (tertiary/aromatic N) is 1. The molecule has 1 aromatic rings. The second-order valence-electron chi connectivity index (χ2n) is 7.61. The zero-order chi connectivity index (χ0) is 18.4. The number of hydrogen-bond donors (Lipinski definition) is 1. The van der Waals surface area contributed by atoms with E-state index < -0.39 is 0 Å². The Morgan fingerprint density at radius 3 is 2.68 bits per heavy atom. The van der Waals surface area contributed by atoms with Crippen LogP contribution < -0.4 is 15.0 Å². The molecule has 1 aromatic carbocycles. The summed E-state index contributed by atoms with van der Waals surface area (Å²) in [7, 11) is 0. The molecule has 0 spiro atoms. The van der Waals surface area contributed by atoms with Gasteiger partial charge in [0.05, 0.1) is 5.69 Å². The van der Waals surface area contributed by atoms with Crippen LogP contribution in [0.15, 0.2) is 18.2 Å². The van der Waals surface area contributed by atoms with Gasteiger partial charge in [-0.05, 0) is 29.5 Å². The Morgan fingerprint density at radius 2 is 2.00 bits per heavy atom. The Morgan fingerprint density at radius 1 is 1.24 bits per heavy atom. The third-order valence-electron chi connectivity index (χ3n) is 4.42. The molecule has 2 amide bonds. The van der Waals surface area contributed by atoms with Gasteiger partial charge >= 0.3 is 0 Å². The lowest BCUT2D eigenvalue weighted by atomic mass is 9.86. The zero-order valence-electron chi connectivity index (χ0n) is 15.9. The van der Waals surface area contributed by atoms with Gasteiger partial charge in [0.15, 0.2) is 6.61 Å². The molecule has 1 heterocycles. The fourth-order valence-electron chi connectivity index (χ4n) is 2.82. The number of unbranched alkanes of at least 4 members (excludes halogenated alkanes) is 3. The molecule has 5 heteroatoms. The van der Waals surface area contributed by atoms with Gasteiger partial charge in [-0.3, -0.25) is 14.5 Å². The van der Waals surface area contributed by atoms with E-state index in [0.717, 1.165) is 18.4 Å². The summed E-state index contributed by atoms with van der Waals surface area (Å²) in [6.07, 6.45) is 4.44. The van der Waals surface area contributed by atoms with Crippen molar-refractivity contribution in [2.45, 2.75) is 58.8 Å². The van der Waals surface area contributed by atoms with Gasteiger partial charge in [-0.1, -0.05) is 53.0 Å². The molecule has 2 rings (SSSR count). The number of anilines is 1. The lowest BCUT2D eigenvalue weighted by molar-refractivity contribution is -0.125. The van der Waals surface area contributed by atoms with E-state index in [1.165, 1.54) is 17.7 Å². The number of rotatable bonds is 7. The second-order valence-corrected chi connectivity index (χ2v) is 7.61. The molecule has 0 radical (unpaired) electrons. The Bertz CT molecular complexity index is 620. The average molecular weight is 346 g/mol. The zero-order valence-corrected chi connectivity index (χ0v) is 15.9. The molecule has 0 aromatic heterocycles. The van der Waals surface area contributed by atoms with Gasteiger partial charge in [0.1, 0.15) is 12.3 Å². The van der Waals surface area contributed by atoms with Crippen molar-refractivity contribution in [1.82, 2.24) is 5.32 Å². The standard InChI is InChI=1S/C20H30N2O3/c1-5-6-7-8-11-21-18(23)13-22-16-12-15(20(2,3)4)9-10-17(16)25-14-19(22)24/h9-10,12H,5-8,11,13-14H2,1-4H3,(H,21,23). The van der Waals surface area contributed by atoms with Crippen LogP contribution in [0.3, 0.4) is 0 Å². The maximum Gasteiger partial charge on any atom is 0.265 e. The summed E-state index contributed by atoms with van der Waals surface area (Å²) in [6, 6.07) is 5.86. The van der Waals surface area contributed by atoms with E-state index in [1.54, 1.807) is 0 Å². The number of amides is 2. The third kappa shape index (κ3) is 5.21. The highest BCUT2D eigenvalue weighted by atomic mass is 16.5. The predicted octanol–water partition coefficient (Wildman–Crippen LogP) is 3.41. The van der Waals surface area contributed by atoms with E-state index in [4.69, 9.17) is 4.74 Å². The number of fused-ring (bicyclic) bond motifs is 1. The molecule has 0 unspecified atom stereocenters. The molecule has 25 heavy (non-hydrogen) atoms. The first-order valence-corrected chi connectivity index (χ1v) is 9.17. The molecule has 0 fully saturated rings. The van der Waals surface area contributed by atoms with Crippen molar-refractivity contribution < 1.29 is 14.3 Å². The Balaban J connectivity index is 2.06. The maximum absolute atomic E-state index is 12.3. The number of ether oxygens (including phenoxy) is 1. The molecule has 0 aliphatic carbocycles. The molecule has 138 valence electrons. The van der Waals surface area contributed by atoms with Gasteiger partial charge in [-0.2, -0.15) is 0 Å². The van der Waals surface area contributed by atoms with Crippen LogP contribution in [0.1, 0.15) is 58.9 Å². The molecular formula is C20H30N2O3. The van der Waals surface area contributed by atoms with E-state index in [1.807, 2.05) is 18.2 Å². The summed E-state index contributed by atoms with van der Waals surface area (Å²) >= 11 is 0. The van der Waals surface area contributed by atoms with Gasteiger partial charge in [0, 0.05) is 6.54 Å². The van der Waals surface area contributed by atoms with E-state index in [0.29, 0.717) is 18.0 Å². The van der Waals surface area contributed by atoms with Crippen molar-refractivity contribution >= 4 is 17.5 Å². The summed E-state index contributed by atoms with van der Waals surface area (Å²) in [6.45, 7) is 9.19. The Kier molecular flexibility index (Phi) is 6.45. The molecule has 5 nitrogen and oxygen atoms in total. The number of benzene rings is 1. The Labute approximate surface area is 150 Å². The molecule has 0 saturated carbocycles. The lowest BCUT2D eigenvalue weighted by Crippen LogP contribution is -2.45. The lowest BCUT2D eigenvalue weighted by Gasteiger charge is -2.31. The molecule has 0 atom stereocenters. The van der Waals surface area contributed by atoms with Crippen LogP contribution >= 0.6 is 0 Å². The summed E-state index contributed by atoms with van der Waals surface area (Å²) < 4.78 is 5.52. The smallest absolute Gasteiger partial charge is 0.265 e. The first kappa shape index (κ1) is 19.3. The van der Waals surface area contributed by atoms with Crippen LogP contribution in [-0.4, -0.2) is 31.5 Å². The number of hydrogen-bond acceptors (Lipinski definition) is 3. The fraction of sp³-hybridized carbons (Fsp3) is 0.600. The summed E-state index contributed by atoms with van der Waals surface area (Å²) in [5.74, 6) is 0.349. The van der Waals surface area contributed by atoms with Crippen LogP contribution in [-0.2, 0) is 15.0 Å². The van der Waals surface area contributed by atoms with Gasteiger partial charge in [-0.25, -0.2) is 0 Å². The normalized spacial score (nSPS) is 14.1. The van der Waals surface area contributed by atoms with Gasteiger partial charge < -0.3 is 10.1 Å². The van der Waals surface area contributed by atoms with Gasteiger partial charge in [0.25, 0.3) is 5.91 Å². The van der Waals surface area contributed by atoms with Crippen LogP contribution in [0.4, 0.5) is 5.69 Å². The van der Waals surface area contributed by atoms with Gasteiger partial charge in [-0.15, -0.1) is 0 Å². The van der Waals surface area contributed by atoms with Gasteiger partial charge in [0.2, 0.25) is 5.91 Å². The monoisotopic (exact) mass is 346 g/mol. The first-order valence-electron chi connectivity index (χ1n) is 9.17. The molecule has 1 aliphatic heterocycles. The van der Waals surface area contributed by atoms with Crippen molar-refractivity contribution in [3.63, 3.8) is 0 Å². The van der Waals surface area contributed by atoms with Crippen molar-refractivity contribution in [2.24, 2.45) is 0 Å².